The van der Waals surface area contributed by atoms with Gasteiger partial charge in [-0.25, -0.2) is 17.1 Å². The lowest BCUT2D eigenvalue weighted by molar-refractivity contribution is -0.116. The molecule has 1 N–H and O–H groups in total. The van der Waals surface area contributed by atoms with E-state index in [1.54, 1.807) is 36.4 Å². The molecule has 7 heteroatoms. The maximum absolute atomic E-state index is 12.8. The lowest BCUT2D eigenvalue weighted by Gasteiger charge is -2.15. The van der Waals surface area contributed by atoms with Crippen molar-refractivity contribution in [3.05, 3.63) is 71.6 Å². The molecule has 0 fully saturated rings. The summed E-state index contributed by atoms with van der Waals surface area (Å²) in [6, 6.07) is 12.2. The summed E-state index contributed by atoms with van der Waals surface area (Å²) in [7, 11) is -0.677. The summed E-state index contributed by atoms with van der Waals surface area (Å²) in [5.74, 6) is -0.721. The minimum atomic E-state index is -3.59. The first-order valence-corrected chi connectivity index (χ1v) is 8.96. The Kier molecular flexibility index (Phi) is 6.06. The minimum absolute atomic E-state index is 0.0792. The van der Waals surface area contributed by atoms with Crippen LogP contribution in [0.2, 0.25) is 0 Å². The number of sulfonamides is 1. The second-order valence-corrected chi connectivity index (χ2v) is 7.62. The molecule has 0 aliphatic carbocycles. The van der Waals surface area contributed by atoms with E-state index in [1.807, 2.05) is 0 Å². The molecule has 0 aliphatic heterocycles. The van der Waals surface area contributed by atoms with E-state index >= 15 is 0 Å². The lowest BCUT2D eigenvalue weighted by Crippen LogP contribution is -2.26. The molecule has 0 bridgehead atoms. The Bertz CT molecular complexity index is 875. The van der Waals surface area contributed by atoms with Gasteiger partial charge in [-0.1, -0.05) is 30.3 Å². The monoisotopic (exact) mass is 362 g/mol. The first kappa shape index (κ1) is 18.8. The Balaban J connectivity index is 2.06. The third-order valence-corrected chi connectivity index (χ3v) is 5.40. The topological polar surface area (TPSA) is 66.5 Å². The van der Waals surface area contributed by atoms with Crippen molar-refractivity contribution in [1.29, 1.82) is 0 Å². The summed E-state index contributed by atoms with van der Waals surface area (Å²) < 4.78 is 38.6. The first-order chi connectivity index (χ1) is 11.8. The third kappa shape index (κ3) is 4.98. The van der Waals surface area contributed by atoms with Crippen LogP contribution >= 0.6 is 0 Å². The predicted molar refractivity (Wildman–Crippen MR) is 94.6 cm³/mol. The highest BCUT2D eigenvalue weighted by atomic mass is 32.2. The molecule has 0 aromatic heterocycles. The average molecular weight is 362 g/mol. The number of benzene rings is 2. The fourth-order valence-corrected chi connectivity index (χ4v) is 3.20. The van der Waals surface area contributed by atoms with Crippen LogP contribution < -0.4 is 5.32 Å². The summed E-state index contributed by atoms with van der Waals surface area (Å²) >= 11 is 0. The second kappa shape index (κ2) is 8.04. The van der Waals surface area contributed by atoms with Crippen molar-refractivity contribution in [3.8, 4) is 0 Å². The molecule has 0 unspecified atom stereocenters. The number of halogens is 1. The zero-order chi connectivity index (χ0) is 18.4. The van der Waals surface area contributed by atoms with Crippen LogP contribution in [0.4, 0.5) is 4.39 Å². The summed E-state index contributed by atoms with van der Waals surface area (Å²) in [4.78, 5) is 12.1. The molecule has 0 atom stereocenters. The van der Waals surface area contributed by atoms with E-state index in [9.17, 15) is 17.6 Å². The average Bonchev–Trinajstić information content (AvgIpc) is 2.59. The number of nitrogens with zero attached hydrogens (tertiary/aromatic N) is 1. The maximum atomic E-state index is 12.8. The van der Waals surface area contributed by atoms with Crippen molar-refractivity contribution in [2.24, 2.45) is 0 Å². The van der Waals surface area contributed by atoms with Crippen molar-refractivity contribution in [2.75, 3.05) is 14.1 Å². The Hall–Kier alpha value is -2.51. The van der Waals surface area contributed by atoms with Crippen LogP contribution in [0.25, 0.3) is 6.08 Å². The molecule has 0 saturated carbocycles. The molecule has 0 saturated heterocycles. The Morgan fingerprint density at radius 3 is 2.40 bits per heavy atom. The van der Waals surface area contributed by atoms with E-state index < -0.39 is 10.0 Å². The van der Waals surface area contributed by atoms with Crippen molar-refractivity contribution in [3.63, 3.8) is 0 Å². The number of hydrogen-bond acceptors (Lipinski definition) is 3. The van der Waals surface area contributed by atoms with Gasteiger partial charge in [0.15, 0.2) is 0 Å². The van der Waals surface area contributed by atoms with E-state index in [2.05, 4.69) is 5.32 Å². The molecule has 1 amide bonds. The molecule has 2 aromatic rings. The van der Waals surface area contributed by atoms with Gasteiger partial charge >= 0.3 is 0 Å². The zero-order valence-corrected chi connectivity index (χ0v) is 14.8. The van der Waals surface area contributed by atoms with Crippen molar-refractivity contribution >= 4 is 22.0 Å². The van der Waals surface area contributed by atoms with Crippen molar-refractivity contribution in [1.82, 2.24) is 9.62 Å². The van der Waals surface area contributed by atoms with Crippen LogP contribution in [0.5, 0.6) is 0 Å². The normalized spacial score (nSPS) is 11.8. The summed E-state index contributed by atoms with van der Waals surface area (Å²) in [6.07, 6.45) is 2.87. The van der Waals surface area contributed by atoms with E-state index in [-0.39, 0.29) is 23.2 Å². The van der Waals surface area contributed by atoms with E-state index in [0.29, 0.717) is 11.1 Å². The maximum Gasteiger partial charge on any atom is 0.244 e. The quantitative estimate of drug-likeness (QED) is 0.803. The highest BCUT2D eigenvalue weighted by Gasteiger charge is 2.20. The van der Waals surface area contributed by atoms with E-state index in [1.165, 1.54) is 38.4 Å². The molecule has 5 nitrogen and oxygen atoms in total. The van der Waals surface area contributed by atoms with E-state index in [0.717, 1.165) is 4.31 Å². The molecular formula is C18H19FN2O3S. The van der Waals surface area contributed by atoms with E-state index in [4.69, 9.17) is 0 Å². The van der Waals surface area contributed by atoms with Gasteiger partial charge in [0.25, 0.3) is 0 Å². The van der Waals surface area contributed by atoms with Gasteiger partial charge < -0.3 is 5.32 Å². The molecule has 2 aromatic carbocycles. The summed E-state index contributed by atoms with van der Waals surface area (Å²) in [5, 5.41) is 2.65. The zero-order valence-electron chi connectivity index (χ0n) is 13.9. The van der Waals surface area contributed by atoms with Crippen LogP contribution in [0.3, 0.4) is 0 Å². The summed E-state index contributed by atoms with van der Waals surface area (Å²) in [5.41, 5.74) is 1.19. The standard InChI is InChI=1S/C18H19FN2O3S/c1-21(2)25(23,24)17-6-4-3-5-15(17)13-20-18(22)12-9-14-7-10-16(19)11-8-14/h3-12H,13H2,1-2H3,(H,20,22)/b12-9+. The summed E-state index contributed by atoms with van der Waals surface area (Å²) in [6.45, 7) is 0.0792. The van der Waals surface area contributed by atoms with Crippen LogP contribution in [0.15, 0.2) is 59.5 Å². The van der Waals surface area contributed by atoms with Gasteiger partial charge in [-0.2, -0.15) is 0 Å². The highest BCUT2D eigenvalue weighted by Crippen LogP contribution is 2.18. The van der Waals surface area contributed by atoms with Gasteiger partial charge in [0, 0.05) is 26.7 Å². The van der Waals surface area contributed by atoms with Crippen LogP contribution in [-0.4, -0.2) is 32.7 Å². The number of carbonyl (C=O) groups excluding carboxylic acids is 1. The van der Waals surface area contributed by atoms with Gasteiger partial charge in [0.1, 0.15) is 5.82 Å². The first-order valence-electron chi connectivity index (χ1n) is 7.52. The molecule has 132 valence electrons. The third-order valence-electron chi connectivity index (χ3n) is 3.48. The second-order valence-electron chi connectivity index (χ2n) is 5.50. The van der Waals surface area contributed by atoms with Gasteiger partial charge in [-0.15, -0.1) is 0 Å². The molecular weight excluding hydrogens is 343 g/mol. The largest absolute Gasteiger partial charge is 0.348 e. The minimum Gasteiger partial charge on any atom is -0.348 e. The predicted octanol–water partition coefficient (Wildman–Crippen LogP) is 2.41. The lowest BCUT2D eigenvalue weighted by atomic mass is 10.2. The fraction of sp³-hybridized carbons (Fsp3) is 0.167. The Morgan fingerprint density at radius 1 is 1.12 bits per heavy atom. The van der Waals surface area contributed by atoms with Gasteiger partial charge in [-0.05, 0) is 35.4 Å². The molecule has 0 spiro atoms. The molecule has 0 heterocycles. The molecule has 25 heavy (non-hydrogen) atoms. The number of hydrogen-bond donors (Lipinski definition) is 1. The number of nitrogens with one attached hydrogen (secondary N) is 1. The number of rotatable bonds is 6. The molecule has 0 aliphatic rings. The van der Waals surface area contributed by atoms with Gasteiger partial charge in [0.2, 0.25) is 15.9 Å². The fourth-order valence-electron chi connectivity index (χ4n) is 2.09. The number of amides is 1. The highest BCUT2D eigenvalue weighted by molar-refractivity contribution is 7.89. The van der Waals surface area contributed by atoms with Crippen molar-refractivity contribution < 1.29 is 17.6 Å². The van der Waals surface area contributed by atoms with Crippen LogP contribution in [-0.2, 0) is 21.4 Å². The van der Waals surface area contributed by atoms with Crippen LogP contribution in [0.1, 0.15) is 11.1 Å². The Morgan fingerprint density at radius 2 is 1.76 bits per heavy atom. The SMILES string of the molecule is CN(C)S(=O)(=O)c1ccccc1CNC(=O)/C=C/c1ccc(F)cc1. The molecule has 0 radical (unpaired) electrons. The van der Waals surface area contributed by atoms with Gasteiger partial charge in [0.05, 0.1) is 4.90 Å². The van der Waals surface area contributed by atoms with Crippen LogP contribution in [0, 0.1) is 5.82 Å². The molecule has 2 rings (SSSR count). The Labute approximate surface area is 146 Å². The van der Waals surface area contributed by atoms with Gasteiger partial charge in [-0.3, -0.25) is 4.79 Å². The smallest absolute Gasteiger partial charge is 0.244 e. The van der Waals surface area contributed by atoms with Crippen molar-refractivity contribution in [2.45, 2.75) is 11.4 Å². The number of carbonyl (C=O) groups is 1.